The summed E-state index contributed by atoms with van der Waals surface area (Å²) in [6, 6.07) is 19.2. The quantitative estimate of drug-likeness (QED) is 0.811. The van der Waals surface area contributed by atoms with Crippen molar-refractivity contribution in [2.45, 2.75) is 6.42 Å². The van der Waals surface area contributed by atoms with E-state index in [1.54, 1.807) is 0 Å². The molecular weight excluding hydrogens is 222 g/mol. The average Bonchev–Trinajstić information content (AvgIpc) is 2.41. The zero-order chi connectivity index (χ0) is 12.8. The standard InChI is InChI=1S/C16H15NO/c1-13(12-14-8-4-2-5-9-14)16(18)17-15-10-6-3-7-11-15/h2-11H,1,12H2,(H,17,18). The van der Waals surface area contributed by atoms with Gasteiger partial charge in [-0.1, -0.05) is 55.1 Å². The van der Waals surface area contributed by atoms with Crippen molar-refractivity contribution in [2.24, 2.45) is 0 Å². The summed E-state index contributed by atoms with van der Waals surface area (Å²) in [6.07, 6.45) is 0.569. The number of hydrogen-bond donors (Lipinski definition) is 1. The van der Waals surface area contributed by atoms with Crippen molar-refractivity contribution in [2.75, 3.05) is 5.32 Å². The number of carbonyl (C=O) groups excluding carboxylic acids is 1. The van der Waals surface area contributed by atoms with E-state index < -0.39 is 0 Å². The second-order valence-corrected chi connectivity index (χ2v) is 4.09. The van der Waals surface area contributed by atoms with Crippen molar-refractivity contribution in [3.8, 4) is 0 Å². The van der Waals surface area contributed by atoms with Crippen LogP contribution in [0.25, 0.3) is 0 Å². The maximum atomic E-state index is 11.9. The van der Waals surface area contributed by atoms with Gasteiger partial charge in [0, 0.05) is 17.7 Å². The Kier molecular flexibility index (Phi) is 3.92. The van der Waals surface area contributed by atoms with Gasteiger partial charge in [0.1, 0.15) is 0 Å². The Balaban J connectivity index is 1.96. The Morgan fingerprint density at radius 1 is 0.944 bits per heavy atom. The van der Waals surface area contributed by atoms with E-state index in [1.807, 2.05) is 60.7 Å². The lowest BCUT2D eigenvalue weighted by Crippen LogP contribution is -2.15. The molecule has 0 saturated carbocycles. The third-order valence-corrected chi connectivity index (χ3v) is 2.61. The summed E-state index contributed by atoms with van der Waals surface area (Å²) in [5.74, 6) is -0.134. The molecule has 2 aromatic rings. The highest BCUT2D eigenvalue weighted by Crippen LogP contribution is 2.10. The Morgan fingerprint density at radius 2 is 1.50 bits per heavy atom. The Hall–Kier alpha value is -2.35. The highest BCUT2D eigenvalue weighted by Gasteiger charge is 2.07. The highest BCUT2D eigenvalue weighted by atomic mass is 16.1. The van der Waals surface area contributed by atoms with Crippen LogP contribution >= 0.6 is 0 Å². The zero-order valence-corrected chi connectivity index (χ0v) is 10.1. The van der Waals surface area contributed by atoms with Gasteiger partial charge in [-0.25, -0.2) is 0 Å². The molecule has 0 aliphatic heterocycles. The Bertz CT molecular complexity index is 480. The van der Waals surface area contributed by atoms with Crippen molar-refractivity contribution in [1.82, 2.24) is 0 Å². The van der Waals surface area contributed by atoms with E-state index >= 15 is 0 Å². The molecular formula is C16H15NO. The second-order valence-electron chi connectivity index (χ2n) is 4.09. The molecule has 0 saturated heterocycles. The van der Waals surface area contributed by atoms with E-state index in [0.29, 0.717) is 12.0 Å². The van der Waals surface area contributed by atoms with Gasteiger partial charge in [0.2, 0.25) is 0 Å². The predicted octanol–water partition coefficient (Wildman–Crippen LogP) is 3.42. The van der Waals surface area contributed by atoms with Crippen LogP contribution < -0.4 is 5.32 Å². The minimum atomic E-state index is -0.134. The number of para-hydroxylation sites is 1. The fourth-order valence-electron chi connectivity index (χ4n) is 1.66. The molecule has 0 aliphatic rings. The molecule has 0 bridgehead atoms. The average molecular weight is 237 g/mol. The molecule has 1 N–H and O–H groups in total. The third kappa shape index (κ3) is 3.32. The fourth-order valence-corrected chi connectivity index (χ4v) is 1.66. The van der Waals surface area contributed by atoms with Crippen LogP contribution in [0.5, 0.6) is 0 Å². The van der Waals surface area contributed by atoms with Gasteiger partial charge in [-0.3, -0.25) is 4.79 Å². The molecule has 1 amide bonds. The molecule has 0 atom stereocenters. The topological polar surface area (TPSA) is 29.1 Å². The van der Waals surface area contributed by atoms with Crippen LogP contribution in [0.2, 0.25) is 0 Å². The van der Waals surface area contributed by atoms with Gasteiger partial charge in [-0.2, -0.15) is 0 Å². The van der Waals surface area contributed by atoms with Crippen molar-refractivity contribution in [3.05, 3.63) is 78.4 Å². The van der Waals surface area contributed by atoms with Crippen LogP contribution in [0.4, 0.5) is 5.69 Å². The molecule has 0 spiro atoms. The van der Waals surface area contributed by atoms with E-state index in [1.165, 1.54) is 0 Å². The van der Waals surface area contributed by atoms with E-state index in [9.17, 15) is 4.79 Å². The first-order valence-electron chi connectivity index (χ1n) is 5.84. The smallest absolute Gasteiger partial charge is 0.251 e. The highest BCUT2D eigenvalue weighted by molar-refractivity contribution is 6.03. The molecule has 0 aromatic heterocycles. The lowest BCUT2D eigenvalue weighted by Gasteiger charge is -2.07. The molecule has 2 nitrogen and oxygen atoms in total. The van der Waals surface area contributed by atoms with Gasteiger partial charge in [0.25, 0.3) is 5.91 Å². The van der Waals surface area contributed by atoms with Crippen molar-refractivity contribution in [3.63, 3.8) is 0 Å². The third-order valence-electron chi connectivity index (χ3n) is 2.61. The number of rotatable bonds is 4. The molecule has 90 valence electrons. The minimum absolute atomic E-state index is 0.134. The first-order valence-corrected chi connectivity index (χ1v) is 5.84. The summed E-state index contributed by atoms with van der Waals surface area (Å²) in [6.45, 7) is 3.83. The van der Waals surface area contributed by atoms with E-state index in [-0.39, 0.29) is 5.91 Å². The number of nitrogens with one attached hydrogen (secondary N) is 1. The summed E-state index contributed by atoms with van der Waals surface area (Å²) in [4.78, 5) is 11.9. The molecule has 2 aromatic carbocycles. The van der Waals surface area contributed by atoms with Crippen molar-refractivity contribution >= 4 is 11.6 Å². The molecule has 0 unspecified atom stereocenters. The van der Waals surface area contributed by atoms with Crippen LogP contribution in [-0.4, -0.2) is 5.91 Å². The lowest BCUT2D eigenvalue weighted by atomic mass is 10.1. The molecule has 2 heteroatoms. The minimum Gasteiger partial charge on any atom is -0.322 e. The zero-order valence-electron chi connectivity index (χ0n) is 10.1. The molecule has 2 rings (SSSR count). The summed E-state index contributed by atoms with van der Waals surface area (Å²) < 4.78 is 0. The fraction of sp³-hybridized carbons (Fsp3) is 0.0625. The van der Waals surface area contributed by atoms with Crippen LogP contribution in [0.15, 0.2) is 72.8 Å². The van der Waals surface area contributed by atoms with Gasteiger partial charge in [-0.15, -0.1) is 0 Å². The van der Waals surface area contributed by atoms with Gasteiger partial charge >= 0.3 is 0 Å². The summed E-state index contributed by atoms with van der Waals surface area (Å²) >= 11 is 0. The first kappa shape index (κ1) is 12.1. The normalized spacial score (nSPS) is 9.78. The van der Waals surface area contributed by atoms with Gasteiger partial charge in [0.15, 0.2) is 0 Å². The Labute approximate surface area is 107 Å². The summed E-state index contributed by atoms with van der Waals surface area (Å²) in [5.41, 5.74) is 2.44. The molecule has 0 fully saturated rings. The number of anilines is 1. The van der Waals surface area contributed by atoms with Crippen molar-refractivity contribution in [1.29, 1.82) is 0 Å². The maximum Gasteiger partial charge on any atom is 0.251 e. The molecule has 0 heterocycles. The molecule has 0 aliphatic carbocycles. The van der Waals surface area contributed by atoms with E-state index in [0.717, 1.165) is 11.3 Å². The molecule has 18 heavy (non-hydrogen) atoms. The lowest BCUT2D eigenvalue weighted by molar-refractivity contribution is -0.112. The summed E-state index contributed by atoms with van der Waals surface area (Å²) in [5, 5.41) is 2.82. The number of carbonyl (C=O) groups is 1. The summed E-state index contributed by atoms with van der Waals surface area (Å²) in [7, 11) is 0. The SMILES string of the molecule is C=C(Cc1ccccc1)C(=O)Nc1ccccc1. The first-order chi connectivity index (χ1) is 8.75. The number of benzene rings is 2. The van der Waals surface area contributed by atoms with Gasteiger partial charge in [0.05, 0.1) is 0 Å². The largest absolute Gasteiger partial charge is 0.322 e. The van der Waals surface area contributed by atoms with Crippen LogP contribution in [0, 0.1) is 0 Å². The van der Waals surface area contributed by atoms with Crippen LogP contribution in [-0.2, 0) is 11.2 Å². The number of hydrogen-bond acceptors (Lipinski definition) is 1. The predicted molar refractivity (Wildman–Crippen MR) is 74.4 cm³/mol. The second kappa shape index (κ2) is 5.82. The Morgan fingerprint density at radius 3 is 2.11 bits per heavy atom. The maximum absolute atomic E-state index is 11.9. The van der Waals surface area contributed by atoms with Gasteiger partial charge < -0.3 is 5.32 Å². The molecule has 0 radical (unpaired) electrons. The van der Waals surface area contributed by atoms with Crippen LogP contribution in [0.1, 0.15) is 5.56 Å². The van der Waals surface area contributed by atoms with E-state index in [2.05, 4.69) is 11.9 Å². The monoisotopic (exact) mass is 237 g/mol. The van der Waals surface area contributed by atoms with E-state index in [4.69, 9.17) is 0 Å². The van der Waals surface area contributed by atoms with Crippen molar-refractivity contribution < 1.29 is 4.79 Å². The van der Waals surface area contributed by atoms with Gasteiger partial charge in [-0.05, 0) is 17.7 Å². The number of amides is 1. The van der Waals surface area contributed by atoms with Crippen LogP contribution in [0.3, 0.4) is 0 Å².